The number of aliphatic hydroxyl groups is 1. The molecule has 2 fully saturated rings. The first-order valence-electron chi connectivity index (χ1n) is 13.8. The second kappa shape index (κ2) is 12.1. The number of fused-ring (bicyclic) bond motifs is 1. The highest BCUT2D eigenvalue weighted by molar-refractivity contribution is 7.89. The lowest BCUT2D eigenvalue weighted by Gasteiger charge is -2.42. The minimum Gasteiger partial charge on any atom is -0.490 e. The number of aromatic amines is 1. The van der Waals surface area contributed by atoms with E-state index < -0.39 is 21.2 Å². The molecule has 3 N–H and O–H groups in total. The summed E-state index contributed by atoms with van der Waals surface area (Å²) in [6.07, 6.45) is 3.19. The molecule has 3 aromatic rings. The molecule has 5 rings (SSSR count). The fraction of sp³-hybridized carbons (Fsp3) is 0.448. The van der Waals surface area contributed by atoms with E-state index in [2.05, 4.69) is 22.1 Å². The van der Waals surface area contributed by atoms with E-state index in [4.69, 9.17) is 27.9 Å². The number of pyridine rings is 1. The summed E-state index contributed by atoms with van der Waals surface area (Å²) in [5.74, 6) is 0.518. The molecule has 0 bridgehead atoms. The first-order valence-corrected chi connectivity index (χ1v) is 16.0. The van der Waals surface area contributed by atoms with Crippen LogP contribution in [0.15, 0.2) is 52.3 Å². The van der Waals surface area contributed by atoms with Crippen molar-refractivity contribution < 1.29 is 23.1 Å². The van der Waals surface area contributed by atoms with Gasteiger partial charge >= 0.3 is 0 Å². The van der Waals surface area contributed by atoms with Crippen molar-refractivity contribution >= 4 is 49.9 Å². The summed E-state index contributed by atoms with van der Waals surface area (Å²) in [6.45, 7) is 6.56. The molecule has 2 saturated heterocycles. The molecule has 42 heavy (non-hydrogen) atoms. The van der Waals surface area contributed by atoms with Gasteiger partial charge in [-0.25, -0.2) is 8.42 Å². The van der Waals surface area contributed by atoms with Gasteiger partial charge in [0.15, 0.2) is 0 Å². The summed E-state index contributed by atoms with van der Waals surface area (Å²) >= 11 is 12.1. The monoisotopic (exact) mass is 636 g/mol. The number of carbonyl (C=O) groups is 1. The van der Waals surface area contributed by atoms with E-state index in [9.17, 15) is 23.1 Å². The number of hydrogen-bond donors (Lipinski definition) is 3. The molecule has 226 valence electrons. The highest BCUT2D eigenvalue weighted by Crippen LogP contribution is 2.30. The number of hydrogen-bond acceptors (Lipinski definition) is 7. The van der Waals surface area contributed by atoms with Gasteiger partial charge in [0.25, 0.3) is 11.5 Å². The molecule has 0 radical (unpaired) electrons. The quantitative estimate of drug-likeness (QED) is 0.327. The van der Waals surface area contributed by atoms with Crippen molar-refractivity contribution in [2.75, 3.05) is 39.3 Å². The van der Waals surface area contributed by atoms with Crippen molar-refractivity contribution in [2.24, 2.45) is 5.92 Å². The number of sulfonamides is 1. The summed E-state index contributed by atoms with van der Waals surface area (Å²) in [5, 5.41) is 14.3. The van der Waals surface area contributed by atoms with Gasteiger partial charge in [-0.1, -0.05) is 36.2 Å². The molecule has 2 aromatic carbocycles. The second-order valence-corrected chi connectivity index (χ2v) is 14.3. The summed E-state index contributed by atoms with van der Waals surface area (Å²) < 4.78 is 33.1. The van der Waals surface area contributed by atoms with Crippen molar-refractivity contribution in [2.45, 2.75) is 43.3 Å². The van der Waals surface area contributed by atoms with Crippen molar-refractivity contribution in [3.05, 3.63) is 68.6 Å². The predicted octanol–water partition coefficient (Wildman–Crippen LogP) is 3.50. The van der Waals surface area contributed by atoms with Gasteiger partial charge in [0, 0.05) is 62.3 Å². The SMILES string of the molecule is C[C@H](CNC(=O)c1c[nH]c(=O)c2cc(S(=O)(=O)N3CC(C)(O)C3)ccc12)CN1CCC(Oc2ccc(Cl)c(Cl)c2)CC1. The van der Waals surface area contributed by atoms with E-state index in [1.165, 1.54) is 24.4 Å². The topological polar surface area (TPSA) is 132 Å². The van der Waals surface area contributed by atoms with Crippen LogP contribution in [0.25, 0.3) is 10.8 Å². The molecule has 0 spiro atoms. The van der Waals surface area contributed by atoms with E-state index in [1.54, 1.807) is 19.1 Å². The first-order chi connectivity index (χ1) is 19.8. The summed E-state index contributed by atoms with van der Waals surface area (Å²) in [6, 6.07) is 9.43. The van der Waals surface area contributed by atoms with E-state index in [0.717, 1.165) is 36.8 Å². The van der Waals surface area contributed by atoms with Crippen LogP contribution in [0.2, 0.25) is 10.0 Å². The van der Waals surface area contributed by atoms with Gasteiger partial charge in [-0.15, -0.1) is 0 Å². The Hall–Kier alpha value is -2.67. The molecular formula is C29H34Cl2N4O6S. The number of nitrogens with zero attached hydrogens (tertiary/aromatic N) is 2. The molecule has 10 nitrogen and oxygen atoms in total. The van der Waals surface area contributed by atoms with Crippen molar-refractivity contribution in [3.8, 4) is 5.75 Å². The Kier molecular flexibility index (Phi) is 8.90. The zero-order valence-electron chi connectivity index (χ0n) is 23.4. The number of amides is 1. The maximum absolute atomic E-state index is 13.1. The lowest BCUT2D eigenvalue weighted by atomic mass is 10.0. The predicted molar refractivity (Wildman–Crippen MR) is 162 cm³/mol. The van der Waals surface area contributed by atoms with Crippen LogP contribution in [0.1, 0.15) is 37.0 Å². The third-order valence-electron chi connectivity index (χ3n) is 7.70. The van der Waals surface area contributed by atoms with Crippen molar-refractivity contribution in [1.29, 1.82) is 0 Å². The summed E-state index contributed by atoms with van der Waals surface area (Å²) in [7, 11) is -3.88. The number of carbonyl (C=O) groups excluding carboxylic acids is 1. The standard InChI is InChI=1S/C29H34Cl2N4O6S/c1-18(15-34-9-7-19(8-10-34)41-20-3-6-25(30)26(31)11-20)13-32-28(37)24-14-33-27(36)23-12-21(4-5-22(23)24)42(39,40)35-16-29(2,38)17-35/h3-6,11-12,14,18-19,38H,7-10,13,15-17H2,1-2H3,(H,32,37)(H,33,36)/t18-/m1/s1. The van der Waals surface area contributed by atoms with Gasteiger partial charge in [0.2, 0.25) is 10.0 Å². The summed E-state index contributed by atoms with van der Waals surface area (Å²) in [4.78, 5) is 30.5. The minimum atomic E-state index is -3.88. The van der Waals surface area contributed by atoms with Gasteiger partial charge in [-0.2, -0.15) is 4.31 Å². The number of benzene rings is 2. The molecule has 1 amide bonds. The number of ether oxygens (including phenoxy) is 1. The largest absolute Gasteiger partial charge is 0.490 e. The average molecular weight is 638 g/mol. The highest BCUT2D eigenvalue weighted by Gasteiger charge is 2.44. The maximum atomic E-state index is 13.1. The van der Waals surface area contributed by atoms with E-state index in [1.807, 2.05) is 6.07 Å². The van der Waals surface area contributed by atoms with Gasteiger partial charge in [0.1, 0.15) is 11.9 Å². The highest BCUT2D eigenvalue weighted by atomic mass is 35.5. The van der Waals surface area contributed by atoms with E-state index in [0.29, 0.717) is 27.7 Å². The number of likely N-dealkylation sites (tertiary alicyclic amines) is 1. The number of aromatic nitrogens is 1. The second-order valence-electron chi connectivity index (χ2n) is 11.5. The Morgan fingerprint density at radius 1 is 1.14 bits per heavy atom. The Bertz CT molecular complexity index is 1650. The normalized spacial score (nSPS) is 18.9. The number of piperidine rings is 1. The zero-order valence-corrected chi connectivity index (χ0v) is 25.7. The van der Waals surface area contributed by atoms with E-state index in [-0.39, 0.29) is 46.9 Å². The van der Waals surface area contributed by atoms with Gasteiger partial charge in [-0.05, 0) is 49.9 Å². The Balaban J connectivity index is 1.15. The van der Waals surface area contributed by atoms with Crippen LogP contribution in [-0.4, -0.2) is 84.6 Å². The third-order valence-corrected chi connectivity index (χ3v) is 10.2. The number of nitrogens with one attached hydrogen (secondary N) is 2. The molecule has 0 unspecified atom stereocenters. The minimum absolute atomic E-state index is 0.0190. The lowest BCUT2D eigenvalue weighted by molar-refractivity contribution is -0.0426. The Labute approximate surface area is 254 Å². The molecule has 2 aliphatic rings. The van der Waals surface area contributed by atoms with Crippen LogP contribution in [0, 0.1) is 5.92 Å². The van der Waals surface area contributed by atoms with Crippen LogP contribution in [0.4, 0.5) is 0 Å². The molecule has 2 aliphatic heterocycles. The molecule has 1 atom stereocenters. The smallest absolute Gasteiger partial charge is 0.255 e. The number of halogens is 2. The molecule has 0 aliphatic carbocycles. The van der Waals surface area contributed by atoms with Crippen molar-refractivity contribution in [3.63, 3.8) is 0 Å². The first kappa shape index (κ1) is 30.8. The molecule has 1 aromatic heterocycles. The van der Waals surface area contributed by atoms with Crippen LogP contribution in [-0.2, 0) is 10.0 Å². The van der Waals surface area contributed by atoms with Crippen LogP contribution in [0.5, 0.6) is 5.75 Å². The number of β-amino-alcohol motifs (C(OH)–C–C–N with tert-alkyl or cyclic N) is 1. The van der Waals surface area contributed by atoms with Crippen LogP contribution in [0.3, 0.4) is 0 Å². The van der Waals surface area contributed by atoms with Gasteiger partial charge < -0.3 is 25.0 Å². The van der Waals surface area contributed by atoms with Crippen molar-refractivity contribution in [1.82, 2.24) is 19.5 Å². The lowest BCUT2D eigenvalue weighted by Crippen LogP contribution is -2.61. The molecule has 13 heteroatoms. The Morgan fingerprint density at radius 3 is 2.52 bits per heavy atom. The van der Waals surface area contributed by atoms with E-state index >= 15 is 0 Å². The van der Waals surface area contributed by atoms with Crippen LogP contribution < -0.4 is 15.6 Å². The average Bonchev–Trinajstić information content (AvgIpc) is 2.93. The molecular weight excluding hydrogens is 603 g/mol. The molecule has 0 saturated carbocycles. The fourth-order valence-corrected chi connectivity index (χ4v) is 7.43. The zero-order chi connectivity index (χ0) is 30.2. The Morgan fingerprint density at radius 2 is 1.86 bits per heavy atom. The fourth-order valence-electron chi connectivity index (χ4n) is 5.44. The number of rotatable bonds is 9. The van der Waals surface area contributed by atoms with Crippen LogP contribution >= 0.6 is 23.2 Å². The van der Waals surface area contributed by atoms with Gasteiger partial charge in [0.05, 0.1) is 26.1 Å². The molecule has 3 heterocycles. The van der Waals surface area contributed by atoms with Gasteiger partial charge in [-0.3, -0.25) is 9.59 Å². The maximum Gasteiger partial charge on any atom is 0.255 e. The number of H-pyrrole nitrogens is 1. The third kappa shape index (κ3) is 6.77. The summed E-state index contributed by atoms with van der Waals surface area (Å²) in [5.41, 5.74) is -1.30.